The number of nitrogens with one attached hydrogen (secondary N) is 1. The highest BCUT2D eigenvalue weighted by atomic mass is 16.5. The first-order valence-corrected chi connectivity index (χ1v) is 11.2. The third-order valence-corrected chi connectivity index (χ3v) is 6.47. The van der Waals surface area contributed by atoms with Crippen LogP contribution in [-0.4, -0.2) is 57.3 Å². The molecular weight excluding hydrogens is 358 g/mol. The van der Waals surface area contributed by atoms with Gasteiger partial charge in [-0.3, -0.25) is 4.90 Å². The maximum Gasteiger partial charge on any atom is 0.119 e. The Morgan fingerprint density at radius 3 is 2.59 bits per heavy atom. The molecule has 0 bridgehead atoms. The molecule has 4 heteroatoms. The van der Waals surface area contributed by atoms with Crippen LogP contribution in [0.2, 0.25) is 0 Å². The van der Waals surface area contributed by atoms with Crippen molar-refractivity contribution in [2.75, 3.05) is 51.3 Å². The van der Waals surface area contributed by atoms with Gasteiger partial charge in [-0.15, -0.1) is 0 Å². The van der Waals surface area contributed by atoms with Crippen molar-refractivity contribution in [1.82, 2.24) is 10.2 Å². The first-order valence-electron chi connectivity index (χ1n) is 11.2. The van der Waals surface area contributed by atoms with Gasteiger partial charge in [0.2, 0.25) is 0 Å². The number of rotatable bonds is 8. The van der Waals surface area contributed by atoms with E-state index >= 15 is 0 Å². The van der Waals surface area contributed by atoms with E-state index in [0.29, 0.717) is 6.04 Å². The average Bonchev–Trinajstić information content (AvgIpc) is 2.79. The molecule has 1 aliphatic carbocycles. The topological polar surface area (TPSA) is 27.7 Å². The third kappa shape index (κ3) is 5.52. The van der Waals surface area contributed by atoms with E-state index in [-0.39, 0.29) is 0 Å². The molecular formula is C25H35N3O. The molecule has 2 aromatic carbocycles. The van der Waals surface area contributed by atoms with Crippen molar-refractivity contribution in [1.29, 1.82) is 0 Å². The Labute approximate surface area is 175 Å². The van der Waals surface area contributed by atoms with Crippen molar-refractivity contribution in [3.05, 3.63) is 59.7 Å². The minimum Gasteiger partial charge on any atom is -0.497 e. The molecule has 29 heavy (non-hydrogen) atoms. The number of methoxy groups -OCH3 is 1. The van der Waals surface area contributed by atoms with Gasteiger partial charge in [0.25, 0.3) is 0 Å². The normalized spacial score (nSPS) is 19.8. The lowest BCUT2D eigenvalue weighted by Crippen LogP contribution is -2.46. The van der Waals surface area contributed by atoms with Crippen LogP contribution in [0.4, 0.5) is 5.69 Å². The lowest BCUT2D eigenvalue weighted by molar-refractivity contribution is 0.252. The first-order chi connectivity index (χ1) is 14.3. The van der Waals surface area contributed by atoms with Gasteiger partial charge in [-0.25, -0.2) is 0 Å². The minimum atomic E-state index is 0.615. The van der Waals surface area contributed by atoms with Crippen LogP contribution in [0.5, 0.6) is 5.75 Å². The van der Waals surface area contributed by atoms with E-state index in [1.807, 2.05) is 0 Å². The highest BCUT2D eigenvalue weighted by molar-refractivity contribution is 5.46. The summed E-state index contributed by atoms with van der Waals surface area (Å²) in [7, 11) is 1.75. The van der Waals surface area contributed by atoms with Gasteiger partial charge in [0.15, 0.2) is 0 Å². The number of para-hydroxylation sites is 1. The molecule has 156 valence electrons. The highest BCUT2D eigenvalue weighted by Gasteiger charge is 2.19. The molecule has 4 nitrogen and oxygen atoms in total. The Morgan fingerprint density at radius 1 is 0.966 bits per heavy atom. The van der Waals surface area contributed by atoms with Crippen LogP contribution in [0.25, 0.3) is 0 Å². The van der Waals surface area contributed by atoms with Crippen molar-refractivity contribution >= 4 is 5.69 Å². The van der Waals surface area contributed by atoms with Crippen LogP contribution >= 0.6 is 0 Å². The van der Waals surface area contributed by atoms with E-state index in [1.165, 1.54) is 62.1 Å². The molecule has 0 amide bonds. The fourth-order valence-electron chi connectivity index (χ4n) is 4.67. The standard InChI is InChI=1S/C25H35N3O/c1-29-25-12-10-21-9-11-23(19-22(21)20-25)26-13-5-6-14-27-15-17-28(18-16-27)24-7-3-2-4-8-24/h2-4,7-8,10,12,20,23,26H,5-6,9,11,13-19H2,1H3/t23-/m0/s1. The highest BCUT2D eigenvalue weighted by Crippen LogP contribution is 2.25. The second-order valence-electron chi connectivity index (χ2n) is 8.40. The van der Waals surface area contributed by atoms with Crippen molar-refractivity contribution in [3.8, 4) is 5.75 Å². The van der Waals surface area contributed by atoms with Gasteiger partial charge < -0.3 is 15.0 Å². The van der Waals surface area contributed by atoms with Gasteiger partial charge >= 0.3 is 0 Å². The fraction of sp³-hybridized carbons (Fsp3) is 0.520. The molecule has 1 aliphatic heterocycles. The number of nitrogens with zero attached hydrogens (tertiary/aromatic N) is 2. The number of hydrogen-bond donors (Lipinski definition) is 1. The molecule has 0 unspecified atom stereocenters. The zero-order valence-corrected chi connectivity index (χ0v) is 17.8. The summed E-state index contributed by atoms with van der Waals surface area (Å²) >= 11 is 0. The number of aryl methyl sites for hydroxylation is 1. The Hall–Kier alpha value is -2.04. The number of anilines is 1. The van der Waals surface area contributed by atoms with Gasteiger partial charge in [-0.1, -0.05) is 24.3 Å². The first kappa shape index (κ1) is 20.2. The van der Waals surface area contributed by atoms with Gasteiger partial charge in [-0.05, 0) is 80.6 Å². The van der Waals surface area contributed by atoms with Crippen LogP contribution < -0.4 is 15.0 Å². The van der Waals surface area contributed by atoms with E-state index in [4.69, 9.17) is 4.74 Å². The minimum absolute atomic E-state index is 0.615. The van der Waals surface area contributed by atoms with Gasteiger partial charge in [0.1, 0.15) is 5.75 Å². The van der Waals surface area contributed by atoms with Crippen LogP contribution in [0.15, 0.2) is 48.5 Å². The largest absolute Gasteiger partial charge is 0.497 e. The Bertz CT molecular complexity index is 756. The number of piperazine rings is 1. The summed E-state index contributed by atoms with van der Waals surface area (Å²) < 4.78 is 5.39. The van der Waals surface area contributed by atoms with E-state index in [1.54, 1.807) is 7.11 Å². The van der Waals surface area contributed by atoms with Crippen LogP contribution in [0.3, 0.4) is 0 Å². The summed E-state index contributed by atoms with van der Waals surface area (Å²) in [5.74, 6) is 0.983. The van der Waals surface area contributed by atoms with E-state index in [0.717, 1.165) is 31.8 Å². The zero-order chi connectivity index (χ0) is 19.9. The molecule has 0 radical (unpaired) electrons. The maximum absolute atomic E-state index is 5.39. The fourth-order valence-corrected chi connectivity index (χ4v) is 4.67. The predicted octanol–water partition coefficient (Wildman–Crippen LogP) is 3.74. The van der Waals surface area contributed by atoms with Crippen molar-refractivity contribution in [2.45, 2.75) is 38.1 Å². The molecule has 0 aromatic heterocycles. The Kier molecular flexibility index (Phi) is 7.07. The number of ether oxygens (including phenoxy) is 1. The van der Waals surface area contributed by atoms with Crippen LogP contribution in [0.1, 0.15) is 30.4 Å². The van der Waals surface area contributed by atoms with E-state index in [2.05, 4.69) is 63.6 Å². The summed E-state index contributed by atoms with van der Waals surface area (Å²) in [6.07, 6.45) is 6.12. The molecule has 2 aromatic rings. The van der Waals surface area contributed by atoms with Crippen LogP contribution in [-0.2, 0) is 12.8 Å². The van der Waals surface area contributed by atoms with Crippen molar-refractivity contribution in [3.63, 3.8) is 0 Å². The summed E-state index contributed by atoms with van der Waals surface area (Å²) in [6.45, 7) is 7.02. The maximum atomic E-state index is 5.39. The van der Waals surface area contributed by atoms with Gasteiger partial charge in [-0.2, -0.15) is 0 Å². The number of benzene rings is 2. The SMILES string of the molecule is COc1ccc2c(c1)C[C@@H](NCCCCN1CCN(c3ccccc3)CC1)CC2. The molecule has 1 saturated heterocycles. The zero-order valence-electron chi connectivity index (χ0n) is 17.8. The second-order valence-corrected chi connectivity index (χ2v) is 8.40. The summed E-state index contributed by atoms with van der Waals surface area (Å²) in [5.41, 5.74) is 4.32. The number of hydrogen-bond acceptors (Lipinski definition) is 4. The molecule has 0 saturated carbocycles. The summed E-state index contributed by atoms with van der Waals surface area (Å²) in [5, 5.41) is 3.80. The van der Waals surface area contributed by atoms with Gasteiger partial charge in [0, 0.05) is 37.9 Å². The lowest BCUT2D eigenvalue weighted by Gasteiger charge is -2.36. The van der Waals surface area contributed by atoms with E-state index in [9.17, 15) is 0 Å². The molecule has 1 fully saturated rings. The monoisotopic (exact) mass is 393 g/mol. The smallest absolute Gasteiger partial charge is 0.119 e. The number of unbranched alkanes of at least 4 members (excludes halogenated alkanes) is 1. The molecule has 4 rings (SSSR count). The Balaban J connectivity index is 1.11. The summed E-state index contributed by atoms with van der Waals surface area (Å²) in [4.78, 5) is 5.14. The molecule has 2 aliphatic rings. The lowest BCUT2D eigenvalue weighted by atomic mass is 9.88. The van der Waals surface area contributed by atoms with Crippen molar-refractivity contribution in [2.24, 2.45) is 0 Å². The second kappa shape index (κ2) is 10.1. The number of fused-ring (bicyclic) bond motifs is 1. The average molecular weight is 394 g/mol. The Morgan fingerprint density at radius 2 is 1.79 bits per heavy atom. The van der Waals surface area contributed by atoms with Crippen LogP contribution in [0, 0.1) is 0 Å². The molecule has 1 heterocycles. The molecule has 1 N–H and O–H groups in total. The van der Waals surface area contributed by atoms with Crippen molar-refractivity contribution < 1.29 is 4.74 Å². The quantitative estimate of drug-likeness (QED) is 0.692. The van der Waals surface area contributed by atoms with Gasteiger partial charge in [0.05, 0.1) is 7.11 Å². The molecule has 1 atom stereocenters. The third-order valence-electron chi connectivity index (χ3n) is 6.47. The summed E-state index contributed by atoms with van der Waals surface area (Å²) in [6, 6.07) is 18.0. The molecule has 0 spiro atoms. The predicted molar refractivity (Wildman–Crippen MR) is 121 cm³/mol. The van der Waals surface area contributed by atoms with E-state index < -0.39 is 0 Å².